The van der Waals surface area contributed by atoms with E-state index in [1.54, 1.807) is 12.4 Å². The number of aromatic nitrogens is 4. The highest BCUT2D eigenvalue weighted by Crippen LogP contribution is 2.28. The zero-order valence-electron chi connectivity index (χ0n) is 17.4. The van der Waals surface area contributed by atoms with E-state index in [9.17, 15) is 4.79 Å². The van der Waals surface area contributed by atoms with E-state index in [1.165, 1.54) is 23.7 Å². The van der Waals surface area contributed by atoms with Gasteiger partial charge in [-0.25, -0.2) is 0 Å². The summed E-state index contributed by atoms with van der Waals surface area (Å²) in [6, 6.07) is 21.7. The lowest BCUT2D eigenvalue weighted by Gasteiger charge is -2.10. The van der Waals surface area contributed by atoms with Crippen molar-refractivity contribution in [3.8, 4) is 17.1 Å². The van der Waals surface area contributed by atoms with Gasteiger partial charge in [-0.05, 0) is 42.7 Å². The SMILES string of the molecule is CCCCc1ccc(C(=O)CSc2nnc(-c3ccncc3)n2-c2ccccc2)cc1. The van der Waals surface area contributed by atoms with Gasteiger partial charge in [-0.2, -0.15) is 0 Å². The number of carbonyl (C=O) groups excluding carboxylic acids is 1. The predicted octanol–water partition coefficient (Wildman–Crippen LogP) is 5.65. The Bertz CT molecular complexity index is 1130. The van der Waals surface area contributed by atoms with E-state index in [1.807, 2.05) is 59.2 Å². The van der Waals surface area contributed by atoms with Crippen LogP contribution in [0.15, 0.2) is 84.3 Å². The van der Waals surface area contributed by atoms with Gasteiger partial charge < -0.3 is 0 Å². The standard InChI is InChI=1S/C25H24N4OS/c1-2-3-7-19-10-12-20(13-11-19)23(30)18-31-25-28-27-24(21-14-16-26-17-15-21)29(25)22-8-5-4-6-9-22/h4-6,8-17H,2-3,7,18H2,1H3. The molecule has 0 amide bonds. The van der Waals surface area contributed by atoms with E-state index >= 15 is 0 Å². The molecule has 6 heteroatoms. The quantitative estimate of drug-likeness (QED) is 0.255. The molecule has 2 aromatic heterocycles. The largest absolute Gasteiger partial charge is 0.293 e. The fourth-order valence-electron chi connectivity index (χ4n) is 3.31. The van der Waals surface area contributed by atoms with Gasteiger partial charge in [0.05, 0.1) is 5.75 Å². The van der Waals surface area contributed by atoms with Crippen LogP contribution in [0.5, 0.6) is 0 Å². The fourth-order valence-corrected chi connectivity index (χ4v) is 4.16. The van der Waals surface area contributed by atoms with Gasteiger partial charge in [0.25, 0.3) is 0 Å². The molecule has 0 aliphatic carbocycles. The molecule has 0 spiro atoms. The van der Waals surface area contributed by atoms with Crippen LogP contribution in [0.3, 0.4) is 0 Å². The second-order valence-corrected chi connectivity index (χ2v) is 8.17. The van der Waals surface area contributed by atoms with Crippen LogP contribution >= 0.6 is 11.8 Å². The van der Waals surface area contributed by atoms with Crippen LogP contribution in [-0.4, -0.2) is 31.3 Å². The summed E-state index contributed by atoms with van der Waals surface area (Å²) in [4.78, 5) is 16.9. The average Bonchev–Trinajstić information content (AvgIpc) is 3.26. The van der Waals surface area contributed by atoms with E-state index in [-0.39, 0.29) is 5.78 Å². The van der Waals surface area contributed by atoms with Crippen molar-refractivity contribution >= 4 is 17.5 Å². The second-order valence-electron chi connectivity index (χ2n) is 7.23. The van der Waals surface area contributed by atoms with Crippen molar-refractivity contribution in [1.82, 2.24) is 19.7 Å². The molecular weight excluding hydrogens is 404 g/mol. The lowest BCUT2D eigenvalue weighted by molar-refractivity contribution is 0.102. The first kappa shape index (κ1) is 21.0. The molecule has 0 bridgehead atoms. The Morgan fingerprint density at radius 3 is 2.39 bits per heavy atom. The predicted molar refractivity (Wildman–Crippen MR) is 125 cm³/mol. The summed E-state index contributed by atoms with van der Waals surface area (Å²) in [6.07, 6.45) is 6.86. The Morgan fingerprint density at radius 2 is 1.68 bits per heavy atom. The molecule has 0 aliphatic rings. The van der Waals surface area contributed by atoms with Crippen LogP contribution in [0.25, 0.3) is 17.1 Å². The second kappa shape index (κ2) is 10.2. The number of ketones is 1. The number of unbranched alkanes of at least 4 members (excludes halogenated alkanes) is 1. The first-order valence-corrected chi connectivity index (χ1v) is 11.4. The average molecular weight is 429 g/mol. The molecule has 2 heterocycles. The molecule has 0 N–H and O–H groups in total. The molecule has 31 heavy (non-hydrogen) atoms. The third-order valence-electron chi connectivity index (χ3n) is 5.01. The van der Waals surface area contributed by atoms with Gasteiger partial charge in [-0.3, -0.25) is 14.3 Å². The fraction of sp³-hybridized carbons (Fsp3) is 0.200. The van der Waals surface area contributed by atoms with Crippen LogP contribution < -0.4 is 0 Å². The van der Waals surface area contributed by atoms with Crippen molar-refractivity contribution in [2.45, 2.75) is 31.3 Å². The zero-order chi connectivity index (χ0) is 21.5. The van der Waals surface area contributed by atoms with Crippen molar-refractivity contribution < 1.29 is 4.79 Å². The number of Topliss-reactive ketones (excluding diaryl/α,β-unsaturated/α-hetero) is 1. The maximum atomic E-state index is 12.8. The highest BCUT2D eigenvalue weighted by Gasteiger charge is 2.17. The van der Waals surface area contributed by atoms with Crippen LogP contribution in [0, 0.1) is 0 Å². The highest BCUT2D eigenvalue weighted by atomic mass is 32.2. The number of thioether (sulfide) groups is 1. The molecule has 4 rings (SSSR count). The van der Waals surface area contributed by atoms with Crippen molar-refractivity contribution in [1.29, 1.82) is 0 Å². The number of aryl methyl sites for hydroxylation is 1. The molecule has 0 saturated heterocycles. The molecule has 0 unspecified atom stereocenters. The minimum absolute atomic E-state index is 0.0834. The Hall–Kier alpha value is -3.25. The van der Waals surface area contributed by atoms with Crippen LogP contribution in [0.4, 0.5) is 0 Å². The minimum Gasteiger partial charge on any atom is -0.293 e. The first-order valence-electron chi connectivity index (χ1n) is 10.4. The summed E-state index contributed by atoms with van der Waals surface area (Å²) >= 11 is 1.40. The zero-order valence-corrected chi connectivity index (χ0v) is 18.3. The van der Waals surface area contributed by atoms with Gasteiger partial charge in [-0.15, -0.1) is 10.2 Å². The van der Waals surface area contributed by atoms with Crippen molar-refractivity contribution in [2.24, 2.45) is 0 Å². The molecule has 0 aliphatic heterocycles. The van der Waals surface area contributed by atoms with Crippen molar-refractivity contribution in [2.75, 3.05) is 5.75 Å². The summed E-state index contributed by atoms with van der Waals surface area (Å²) in [6.45, 7) is 2.18. The number of carbonyl (C=O) groups is 1. The minimum atomic E-state index is 0.0834. The molecule has 0 atom stereocenters. The molecule has 156 valence electrons. The van der Waals surface area contributed by atoms with E-state index in [2.05, 4.69) is 34.2 Å². The topological polar surface area (TPSA) is 60.7 Å². The molecule has 0 saturated carbocycles. The Kier molecular flexibility index (Phi) is 6.89. The number of pyridine rings is 1. The van der Waals surface area contributed by atoms with E-state index in [0.717, 1.165) is 35.5 Å². The third kappa shape index (κ3) is 5.09. The highest BCUT2D eigenvalue weighted by molar-refractivity contribution is 7.99. The monoisotopic (exact) mass is 428 g/mol. The summed E-state index contributed by atoms with van der Waals surface area (Å²) in [5.41, 5.74) is 3.88. The normalized spacial score (nSPS) is 10.9. The van der Waals surface area contributed by atoms with E-state index in [0.29, 0.717) is 10.9 Å². The van der Waals surface area contributed by atoms with Crippen LogP contribution in [-0.2, 0) is 6.42 Å². The molecule has 0 fully saturated rings. The number of hydrogen-bond acceptors (Lipinski definition) is 5. The Balaban J connectivity index is 1.55. The van der Waals surface area contributed by atoms with E-state index in [4.69, 9.17) is 0 Å². The number of nitrogens with zero attached hydrogens (tertiary/aromatic N) is 4. The van der Waals surface area contributed by atoms with Gasteiger partial charge in [-0.1, -0.05) is 67.6 Å². The Morgan fingerprint density at radius 1 is 0.935 bits per heavy atom. The van der Waals surface area contributed by atoms with Crippen LogP contribution in [0.1, 0.15) is 35.7 Å². The molecule has 2 aromatic carbocycles. The number of para-hydroxylation sites is 1. The third-order valence-corrected chi connectivity index (χ3v) is 5.94. The maximum absolute atomic E-state index is 12.8. The van der Waals surface area contributed by atoms with Gasteiger partial charge in [0, 0.05) is 29.2 Å². The van der Waals surface area contributed by atoms with Gasteiger partial charge in [0.1, 0.15) is 0 Å². The van der Waals surface area contributed by atoms with Crippen LogP contribution in [0.2, 0.25) is 0 Å². The van der Waals surface area contributed by atoms with Gasteiger partial charge in [0.15, 0.2) is 16.8 Å². The first-order chi connectivity index (χ1) is 15.3. The lowest BCUT2D eigenvalue weighted by Crippen LogP contribution is -2.05. The number of hydrogen-bond donors (Lipinski definition) is 0. The van der Waals surface area contributed by atoms with Crippen molar-refractivity contribution in [3.05, 3.63) is 90.3 Å². The van der Waals surface area contributed by atoms with Gasteiger partial charge >= 0.3 is 0 Å². The molecule has 4 aromatic rings. The lowest BCUT2D eigenvalue weighted by atomic mass is 10.1. The number of rotatable bonds is 9. The summed E-state index contributed by atoms with van der Waals surface area (Å²) < 4.78 is 1.99. The summed E-state index contributed by atoms with van der Waals surface area (Å²) in [7, 11) is 0. The smallest absolute Gasteiger partial charge is 0.196 e. The van der Waals surface area contributed by atoms with Gasteiger partial charge in [0.2, 0.25) is 0 Å². The summed E-state index contributed by atoms with van der Waals surface area (Å²) in [5.74, 6) is 1.11. The molecule has 0 radical (unpaired) electrons. The summed E-state index contributed by atoms with van der Waals surface area (Å²) in [5, 5.41) is 9.48. The maximum Gasteiger partial charge on any atom is 0.196 e. The van der Waals surface area contributed by atoms with E-state index < -0.39 is 0 Å². The number of benzene rings is 2. The molecule has 5 nitrogen and oxygen atoms in total. The van der Waals surface area contributed by atoms with Crippen molar-refractivity contribution in [3.63, 3.8) is 0 Å². The molecular formula is C25H24N4OS. The Labute approximate surface area is 186 Å².